The third-order valence-electron chi connectivity index (χ3n) is 6.16. The lowest BCUT2D eigenvalue weighted by atomic mass is 9.76. The van der Waals surface area contributed by atoms with Crippen molar-refractivity contribution in [1.82, 2.24) is 15.5 Å². The first-order valence-electron chi connectivity index (χ1n) is 11.0. The molecule has 1 aromatic carbocycles. The van der Waals surface area contributed by atoms with Gasteiger partial charge in [0.05, 0.1) is 13.2 Å². The molecule has 1 aliphatic heterocycles. The standard InChI is InChI=1S/C23H40N4O/c1-5-23(6-2,20-11-9-8-10-12-20)19-25-22(24-7-3)26-21-13-15-27(16-14-21)17-18-28-4/h8-12,21H,5-7,13-19H2,1-4H3,(H2,24,25,26). The van der Waals surface area contributed by atoms with Crippen molar-refractivity contribution in [3.8, 4) is 0 Å². The Bertz CT molecular complexity index is 563. The predicted molar refractivity (Wildman–Crippen MR) is 119 cm³/mol. The third-order valence-corrected chi connectivity index (χ3v) is 6.16. The van der Waals surface area contributed by atoms with Gasteiger partial charge in [-0.15, -0.1) is 0 Å². The number of nitrogens with one attached hydrogen (secondary N) is 2. The SMILES string of the molecule is CCNC(=NCC(CC)(CC)c1ccccc1)NC1CCN(CCOC)CC1. The van der Waals surface area contributed by atoms with Crippen molar-refractivity contribution in [2.24, 2.45) is 4.99 Å². The summed E-state index contributed by atoms with van der Waals surface area (Å²) in [5, 5.41) is 7.14. The van der Waals surface area contributed by atoms with E-state index in [1.54, 1.807) is 7.11 Å². The molecule has 1 fully saturated rings. The number of methoxy groups -OCH3 is 1. The molecule has 0 saturated carbocycles. The van der Waals surface area contributed by atoms with Gasteiger partial charge in [-0.3, -0.25) is 4.99 Å². The maximum absolute atomic E-state index is 5.20. The number of ether oxygens (including phenoxy) is 1. The van der Waals surface area contributed by atoms with Crippen molar-refractivity contribution in [2.45, 2.75) is 57.9 Å². The average Bonchev–Trinajstić information content (AvgIpc) is 2.75. The lowest BCUT2D eigenvalue weighted by Crippen LogP contribution is -2.49. The van der Waals surface area contributed by atoms with Crippen molar-refractivity contribution in [3.63, 3.8) is 0 Å². The molecule has 1 aromatic rings. The van der Waals surface area contributed by atoms with Crippen molar-refractivity contribution in [2.75, 3.05) is 46.4 Å². The quantitative estimate of drug-likeness (QED) is 0.476. The molecule has 0 aliphatic carbocycles. The fourth-order valence-corrected chi connectivity index (χ4v) is 4.03. The second-order valence-electron chi connectivity index (χ2n) is 7.80. The summed E-state index contributed by atoms with van der Waals surface area (Å²) in [7, 11) is 1.77. The fraction of sp³-hybridized carbons (Fsp3) is 0.696. The van der Waals surface area contributed by atoms with Crippen LogP contribution in [0.2, 0.25) is 0 Å². The minimum atomic E-state index is 0.104. The van der Waals surface area contributed by atoms with E-state index in [1.807, 2.05) is 0 Å². The highest BCUT2D eigenvalue weighted by molar-refractivity contribution is 5.80. The Hall–Kier alpha value is -1.59. The van der Waals surface area contributed by atoms with Gasteiger partial charge in [-0.2, -0.15) is 0 Å². The molecule has 1 heterocycles. The van der Waals surface area contributed by atoms with E-state index < -0.39 is 0 Å². The van der Waals surface area contributed by atoms with E-state index in [2.05, 4.69) is 66.6 Å². The molecule has 0 aromatic heterocycles. The van der Waals surface area contributed by atoms with Crippen LogP contribution in [-0.4, -0.2) is 63.3 Å². The summed E-state index contributed by atoms with van der Waals surface area (Å²) in [6, 6.07) is 11.4. The lowest BCUT2D eigenvalue weighted by Gasteiger charge is -2.34. The molecule has 5 nitrogen and oxygen atoms in total. The van der Waals surface area contributed by atoms with Gasteiger partial charge >= 0.3 is 0 Å². The van der Waals surface area contributed by atoms with Crippen LogP contribution in [0.25, 0.3) is 0 Å². The first kappa shape index (κ1) is 22.7. The van der Waals surface area contributed by atoms with Crippen molar-refractivity contribution >= 4 is 5.96 Å². The summed E-state index contributed by atoms with van der Waals surface area (Å²) in [5.41, 5.74) is 1.50. The van der Waals surface area contributed by atoms with Crippen LogP contribution in [0.4, 0.5) is 0 Å². The Kier molecular flexibility index (Phi) is 9.79. The molecule has 2 N–H and O–H groups in total. The van der Waals surface area contributed by atoms with Crippen molar-refractivity contribution < 1.29 is 4.74 Å². The van der Waals surface area contributed by atoms with Crippen LogP contribution in [0.15, 0.2) is 35.3 Å². The maximum atomic E-state index is 5.20. The van der Waals surface area contributed by atoms with E-state index in [0.29, 0.717) is 6.04 Å². The van der Waals surface area contributed by atoms with Crippen molar-refractivity contribution in [3.05, 3.63) is 35.9 Å². The normalized spacial score (nSPS) is 16.9. The molecule has 28 heavy (non-hydrogen) atoms. The number of aliphatic imine (C=N–C) groups is 1. The molecule has 158 valence electrons. The number of benzene rings is 1. The second-order valence-corrected chi connectivity index (χ2v) is 7.80. The zero-order valence-electron chi connectivity index (χ0n) is 18.3. The van der Waals surface area contributed by atoms with Crippen LogP contribution in [0.5, 0.6) is 0 Å². The lowest BCUT2D eigenvalue weighted by molar-refractivity contribution is 0.128. The largest absolute Gasteiger partial charge is 0.383 e. The number of hydrogen-bond acceptors (Lipinski definition) is 3. The van der Waals surface area contributed by atoms with E-state index >= 15 is 0 Å². The van der Waals surface area contributed by atoms with Gasteiger partial charge in [-0.25, -0.2) is 0 Å². The summed E-state index contributed by atoms with van der Waals surface area (Å²) in [5.74, 6) is 0.958. The van der Waals surface area contributed by atoms with Gasteiger partial charge in [0.2, 0.25) is 0 Å². The number of hydrogen-bond donors (Lipinski definition) is 2. The van der Waals surface area contributed by atoms with Gasteiger partial charge < -0.3 is 20.3 Å². The number of piperidine rings is 1. The number of rotatable bonds is 10. The average molecular weight is 389 g/mol. The van der Waals surface area contributed by atoms with Gasteiger partial charge in [0.25, 0.3) is 0 Å². The highest BCUT2D eigenvalue weighted by Gasteiger charge is 2.28. The number of likely N-dealkylation sites (tertiary alicyclic amines) is 1. The van der Waals surface area contributed by atoms with Crippen LogP contribution in [-0.2, 0) is 10.2 Å². The first-order chi connectivity index (χ1) is 13.7. The van der Waals surface area contributed by atoms with Crippen LogP contribution in [0.3, 0.4) is 0 Å². The van der Waals surface area contributed by atoms with E-state index in [9.17, 15) is 0 Å². The predicted octanol–water partition coefficient (Wildman–Crippen LogP) is 3.41. The van der Waals surface area contributed by atoms with Gasteiger partial charge in [0.1, 0.15) is 0 Å². The Morgan fingerprint density at radius 3 is 2.39 bits per heavy atom. The van der Waals surface area contributed by atoms with E-state index in [1.165, 1.54) is 5.56 Å². The van der Waals surface area contributed by atoms with Gasteiger partial charge in [0.15, 0.2) is 5.96 Å². The molecule has 0 unspecified atom stereocenters. The Morgan fingerprint density at radius 2 is 1.82 bits per heavy atom. The Morgan fingerprint density at radius 1 is 1.14 bits per heavy atom. The highest BCUT2D eigenvalue weighted by Crippen LogP contribution is 2.32. The molecule has 0 spiro atoms. The number of nitrogens with zero attached hydrogens (tertiary/aromatic N) is 2. The zero-order chi connectivity index (χ0) is 20.2. The molecule has 0 bridgehead atoms. The van der Waals surface area contributed by atoms with Gasteiger partial charge in [-0.1, -0.05) is 44.2 Å². The monoisotopic (exact) mass is 388 g/mol. The van der Waals surface area contributed by atoms with E-state index in [0.717, 1.165) is 71.0 Å². The summed E-state index contributed by atoms with van der Waals surface area (Å²) in [6.07, 6.45) is 4.49. The molecule has 1 saturated heterocycles. The minimum absolute atomic E-state index is 0.104. The molecule has 5 heteroatoms. The summed E-state index contributed by atoms with van der Waals surface area (Å²) >= 11 is 0. The first-order valence-corrected chi connectivity index (χ1v) is 11.0. The van der Waals surface area contributed by atoms with E-state index in [4.69, 9.17) is 9.73 Å². The van der Waals surface area contributed by atoms with Crippen LogP contribution < -0.4 is 10.6 Å². The molecule has 1 aliphatic rings. The van der Waals surface area contributed by atoms with Crippen molar-refractivity contribution in [1.29, 1.82) is 0 Å². The summed E-state index contributed by atoms with van der Waals surface area (Å²) < 4.78 is 5.20. The zero-order valence-corrected chi connectivity index (χ0v) is 18.3. The maximum Gasteiger partial charge on any atom is 0.191 e. The topological polar surface area (TPSA) is 48.9 Å². The van der Waals surface area contributed by atoms with Gasteiger partial charge in [-0.05, 0) is 38.2 Å². The minimum Gasteiger partial charge on any atom is -0.383 e. The molecule has 2 rings (SSSR count). The Balaban J connectivity index is 1.99. The Labute approximate surface area is 171 Å². The van der Waals surface area contributed by atoms with Crippen LogP contribution >= 0.6 is 0 Å². The molecular weight excluding hydrogens is 348 g/mol. The van der Waals surface area contributed by atoms with Crippen LogP contribution in [0, 0.1) is 0 Å². The number of guanidine groups is 1. The van der Waals surface area contributed by atoms with Crippen LogP contribution in [0.1, 0.15) is 52.0 Å². The highest BCUT2D eigenvalue weighted by atomic mass is 16.5. The third kappa shape index (κ3) is 6.49. The summed E-state index contributed by atoms with van der Waals surface area (Å²) in [4.78, 5) is 7.51. The molecule has 0 amide bonds. The smallest absolute Gasteiger partial charge is 0.191 e. The van der Waals surface area contributed by atoms with Gasteiger partial charge in [0, 0.05) is 44.7 Å². The fourth-order valence-electron chi connectivity index (χ4n) is 4.03. The molecular formula is C23H40N4O. The molecule has 0 radical (unpaired) electrons. The van der Waals surface area contributed by atoms with E-state index in [-0.39, 0.29) is 5.41 Å². The second kappa shape index (κ2) is 12.1. The summed E-state index contributed by atoms with van der Waals surface area (Å²) in [6.45, 7) is 12.5. The molecule has 0 atom stereocenters.